The molecular formula is C22H24N2O5. The van der Waals surface area contributed by atoms with Crippen molar-refractivity contribution in [1.29, 1.82) is 0 Å². The maximum absolute atomic E-state index is 12.3. The third-order valence-electron chi connectivity index (χ3n) is 4.27. The normalized spacial score (nSPS) is 11.0. The number of unbranched alkanes of at least 4 members (excludes halogenated alkanes) is 1. The number of hydrazone groups is 1. The lowest BCUT2D eigenvalue weighted by Crippen LogP contribution is -2.16. The fourth-order valence-electron chi connectivity index (χ4n) is 2.74. The Hall–Kier alpha value is -3.48. The highest BCUT2D eigenvalue weighted by molar-refractivity contribution is 5.97. The average Bonchev–Trinajstić information content (AvgIpc) is 3.19. The average molecular weight is 396 g/mol. The van der Waals surface area contributed by atoms with Crippen molar-refractivity contribution in [2.75, 3.05) is 20.8 Å². The molecule has 1 aromatic heterocycles. The molecule has 29 heavy (non-hydrogen) atoms. The van der Waals surface area contributed by atoms with Gasteiger partial charge in [-0.3, -0.25) is 4.79 Å². The summed E-state index contributed by atoms with van der Waals surface area (Å²) in [5.41, 5.74) is 3.75. The fourth-order valence-corrected chi connectivity index (χ4v) is 2.74. The number of benzene rings is 2. The van der Waals surface area contributed by atoms with Crippen LogP contribution in [0.15, 0.2) is 52.0 Å². The summed E-state index contributed by atoms with van der Waals surface area (Å²) in [7, 11) is 3.14. The number of hydrogen-bond acceptors (Lipinski definition) is 6. The number of amides is 1. The number of hydrogen-bond donors (Lipinski definition) is 1. The second kappa shape index (κ2) is 9.64. The van der Waals surface area contributed by atoms with E-state index in [2.05, 4.69) is 17.5 Å². The lowest BCUT2D eigenvalue weighted by molar-refractivity contribution is 0.0929. The van der Waals surface area contributed by atoms with Crippen molar-refractivity contribution in [3.63, 3.8) is 0 Å². The highest BCUT2D eigenvalue weighted by Gasteiger charge is 2.14. The Morgan fingerprint density at radius 1 is 1.10 bits per heavy atom. The van der Waals surface area contributed by atoms with E-state index in [4.69, 9.17) is 18.6 Å². The molecule has 0 radical (unpaired) electrons. The van der Waals surface area contributed by atoms with E-state index in [-0.39, 0.29) is 5.76 Å². The fraction of sp³-hybridized carbons (Fsp3) is 0.273. The van der Waals surface area contributed by atoms with Crippen molar-refractivity contribution in [3.8, 4) is 17.2 Å². The summed E-state index contributed by atoms with van der Waals surface area (Å²) in [6.07, 6.45) is 3.57. The lowest BCUT2D eigenvalue weighted by Gasteiger charge is -2.10. The van der Waals surface area contributed by atoms with Crippen molar-refractivity contribution < 1.29 is 23.4 Å². The highest BCUT2D eigenvalue weighted by atomic mass is 16.5. The van der Waals surface area contributed by atoms with Crippen LogP contribution in [0.4, 0.5) is 0 Å². The van der Waals surface area contributed by atoms with Gasteiger partial charge in [-0.15, -0.1) is 0 Å². The molecule has 2 aromatic carbocycles. The zero-order valence-corrected chi connectivity index (χ0v) is 16.7. The Morgan fingerprint density at radius 2 is 1.93 bits per heavy atom. The number of fused-ring (bicyclic) bond motifs is 1. The van der Waals surface area contributed by atoms with E-state index in [1.165, 1.54) is 6.21 Å². The van der Waals surface area contributed by atoms with Gasteiger partial charge >= 0.3 is 5.91 Å². The van der Waals surface area contributed by atoms with Gasteiger partial charge in [0.1, 0.15) is 0 Å². The van der Waals surface area contributed by atoms with Crippen molar-refractivity contribution in [1.82, 2.24) is 5.43 Å². The van der Waals surface area contributed by atoms with Crippen molar-refractivity contribution in [3.05, 3.63) is 53.8 Å². The molecule has 1 amide bonds. The van der Waals surface area contributed by atoms with Crippen molar-refractivity contribution >= 4 is 23.1 Å². The first-order valence-electron chi connectivity index (χ1n) is 9.37. The lowest BCUT2D eigenvalue weighted by atomic mass is 10.2. The zero-order valence-electron chi connectivity index (χ0n) is 16.7. The van der Waals surface area contributed by atoms with Gasteiger partial charge in [-0.05, 0) is 42.3 Å². The third kappa shape index (κ3) is 4.87. The van der Waals surface area contributed by atoms with E-state index in [0.29, 0.717) is 29.4 Å². The van der Waals surface area contributed by atoms with Crippen LogP contribution in [0.25, 0.3) is 11.0 Å². The third-order valence-corrected chi connectivity index (χ3v) is 4.27. The summed E-state index contributed by atoms with van der Waals surface area (Å²) >= 11 is 0. The van der Waals surface area contributed by atoms with Gasteiger partial charge in [-0.1, -0.05) is 25.5 Å². The molecule has 152 valence electrons. The Morgan fingerprint density at radius 3 is 2.69 bits per heavy atom. The Bertz CT molecular complexity index is 1010. The maximum atomic E-state index is 12.3. The number of nitrogens with zero attached hydrogens (tertiary/aromatic N) is 1. The summed E-state index contributed by atoms with van der Waals surface area (Å²) in [5.74, 6) is 1.56. The Kier molecular flexibility index (Phi) is 6.73. The monoisotopic (exact) mass is 396 g/mol. The quantitative estimate of drug-likeness (QED) is 0.329. The molecule has 0 saturated carbocycles. The number of ether oxygens (including phenoxy) is 3. The number of nitrogens with one attached hydrogen (secondary N) is 1. The number of carbonyl (C=O) groups is 1. The van der Waals surface area contributed by atoms with Crippen LogP contribution in [0.3, 0.4) is 0 Å². The minimum absolute atomic E-state index is 0.152. The first-order chi connectivity index (χ1) is 14.2. The Balaban J connectivity index is 1.67. The smallest absolute Gasteiger partial charge is 0.307 e. The van der Waals surface area contributed by atoms with E-state index < -0.39 is 5.91 Å². The standard InChI is InChI=1S/C22H24N2O5/c1-4-5-11-28-17-10-9-15(12-19(17)27-3)14-23-24-22(25)20-13-16-7-6-8-18(26-2)21(16)29-20/h6-10,12-14H,4-5,11H2,1-3H3,(H,24,25)/b23-14-. The van der Waals surface area contributed by atoms with Gasteiger partial charge in [0.15, 0.2) is 28.6 Å². The molecule has 0 unspecified atom stereocenters. The number of furan rings is 1. The SMILES string of the molecule is CCCCOc1ccc(/C=N\NC(=O)c2cc3cccc(OC)c3o2)cc1OC. The highest BCUT2D eigenvalue weighted by Crippen LogP contribution is 2.29. The number of para-hydroxylation sites is 1. The topological polar surface area (TPSA) is 82.3 Å². The van der Waals surface area contributed by atoms with Crippen LogP contribution in [-0.2, 0) is 0 Å². The molecule has 0 saturated heterocycles. The molecule has 3 aromatic rings. The summed E-state index contributed by atoms with van der Waals surface area (Å²) in [4.78, 5) is 12.3. The molecule has 0 aliphatic heterocycles. The molecule has 0 aliphatic carbocycles. The minimum Gasteiger partial charge on any atom is -0.493 e. The summed E-state index contributed by atoms with van der Waals surface area (Å²) in [5, 5.41) is 4.78. The largest absolute Gasteiger partial charge is 0.493 e. The van der Waals surface area contributed by atoms with Crippen LogP contribution < -0.4 is 19.6 Å². The molecule has 0 bridgehead atoms. The van der Waals surface area contributed by atoms with E-state index in [1.54, 1.807) is 32.4 Å². The van der Waals surface area contributed by atoms with E-state index >= 15 is 0 Å². The summed E-state index contributed by atoms with van der Waals surface area (Å²) < 4.78 is 21.9. The van der Waals surface area contributed by atoms with E-state index in [0.717, 1.165) is 23.8 Å². The van der Waals surface area contributed by atoms with Crippen LogP contribution >= 0.6 is 0 Å². The van der Waals surface area contributed by atoms with Crippen LogP contribution in [0.1, 0.15) is 35.9 Å². The second-order valence-corrected chi connectivity index (χ2v) is 6.30. The van der Waals surface area contributed by atoms with Crippen molar-refractivity contribution in [2.24, 2.45) is 5.10 Å². The first-order valence-corrected chi connectivity index (χ1v) is 9.37. The molecule has 7 nitrogen and oxygen atoms in total. The molecule has 0 fully saturated rings. The summed E-state index contributed by atoms with van der Waals surface area (Å²) in [6, 6.07) is 12.6. The number of methoxy groups -OCH3 is 2. The van der Waals surface area contributed by atoms with E-state index in [9.17, 15) is 4.79 Å². The van der Waals surface area contributed by atoms with E-state index in [1.807, 2.05) is 24.3 Å². The van der Waals surface area contributed by atoms with Crippen LogP contribution in [0.2, 0.25) is 0 Å². The molecule has 0 spiro atoms. The predicted octanol–water partition coefficient (Wildman–Crippen LogP) is 4.39. The molecular weight excluding hydrogens is 372 g/mol. The van der Waals surface area contributed by atoms with Crippen LogP contribution in [0, 0.1) is 0 Å². The van der Waals surface area contributed by atoms with Crippen LogP contribution in [-0.4, -0.2) is 32.9 Å². The van der Waals surface area contributed by atoms with Crippen LogP contribution in [0.5, 0.6) is 17.2 Å². The summed E-state index contributed by atoms with van der Waals surface area (Å²) in [6.45, 7) is 2.74. The van der Waals surface area contributed by atoms with Gasteiger partial charge in [0.25, 0.3) is 0 Å². The molecule has 1 N–H and O–H groups in total. The molecule has 7 heteroatoms. The van der Waals surface area contributed by atoms with Crippen molar-refractivity contribution in [2.45, 2.75) is 19.8 Å². The van der Waals surface area contributed by atoms with Gasteiger partial charge in [0.2, 0.25) is 0 Å². The first kappa shape index (κ1) is 20.3. The van der Waals surface area contributed by atoms with Gasteiger partial charge in [0.05, 0.1) is 27.0 Å². The predicted molar refractivity (Wildman–Crippen MR) is 111 cm³/mol. The molecule has 1 heterocycles. The second-order valence-electron chi connectivity index (χ2n) is 6.30. The van der Waals surface area contributed by atoms with Gasteiger partial charge < -0.3 is 18.6 Å². The molecule has 0 atom stereocenters. The van der Waals surface area contributed by atoms with Gasteiger partial charge in [-0.2, -0.15) is 5.10 Å². The minimum atomic E-state index is -0.453. The molecule has 3 rings (SSSR count). The number of carbonyl (C=O) groups excluding carboxylic acids is 1. The zero-order chi connectivity index (χ0) is 20.6. The molecule has 0 aliphatic rings. The van der Waals surface area contributed by atoms with Gasteiger partial charge in [0, 0.05) is 5.39 Å². The number of rotatable bonds is 9. The van der Waals surface area contributed by atoms with Gasteiger partial charge in [-0.25, -0.2) is 5.43 Å². The Labute approximate surface area is 169 Å². The maximum Gasteiger partial charge on any atom is 0.307 e.